The van der Waals surface area contributed by atoms with Crippen molar-refractivity contribution in [2.75, 3.05) is 19.6 Å². The molecule has 1 amide bonds. The van der Waals surface area contributed by atoms with Crippen molar-refractivity contribution in [2.24, 2.45) is 0 Å². The molecule has 16 heteroatoms. The average molecular weight is 838 g/mol. The Bertz CT molecular complexity index is 2340. The van der Waals surface area contributed by atoms with Crippen LogP contribution >= 0.6 is 0 Å². The number of aliphatic carboxylic acids is 2. The van der Waals surface area contributed by atoms with Gasteiger partial charge in [0, 0.05) is 36.8 Å². The molecule has 2 heterocycles. The van der Waals surface area contributed by atoms with Gasteiger partial charge in [-0.2, -0.15) is 13.2 Å². The number of hydrogen-bond acceptors (Lipinski definition) is 7. The molecule has 5 aromatic rings. The SMILES string of the molecule is CCN(Cc1ccc(-c2ccc(C(F)(F)F)cc2)cc1)C(=O)Cn1c(CCc2cccc(F)c2F)cc(=O)c2ccc(CN3CCCC3)cc21.O=C(O)C(O)C(O)C(=O)O. The first-order chi connectivity index (χ1) is 28.5. The minimum Gasteiger partial charge on any atom is -0.479 e. The van der Waals surface area contributed by atoms with Gasteiger partial charge >= 0.3 is 18.1 Å². The number of nitrogens with zero attached hydrogens (tertiary/aromatic N) is 3. The number of rotatable bonds is 14. The van der Waals surface area contributed by atoms with Crippen molar-refractivity contribution in [1.29, 1.82) is 0 Å². The number of likely N-dealkylation sites (tertiary alicyclic amines) is 1. The van der Waals surface area contributed by atoms with Gasteiger partial charge in [0.15, 0.2) is 29.3 Å². The summed E-state index contributed by atoms with van der Waals surface area (Å²) in [5.74, 6) is -5.59. The molecular weight excluding hydrogens is 793 g/mol. The zero-order valence-electron chi connectivity index (χ0n) is 32.5. The van der Waals surface area contributed by atoms with E-state index in [9.17, 15) is 41.1 Å². The molecule has 4 aromatic carbocycles. The van der Waals surface area contributed by atoms with Crippen LogP contribution in [-0.2, 0) is 53.0 Å². The maximum Gasteiger partial charge on any atom is 0.416 e. The van der Waals surface area contributed by atoms with E-state index < -0.39 is 47.5 Å². The zero-order valence-corrected chi connectivity index (χ0v) is 32.5. The lowest BCUT2D eigenvalue weighted by molar-refractivity contribution is -0.165. The zero-order chi connectivity index (χ0) is 43.7. The van der Waals surface area contributed by atoms with Crippen LogP contribution < -0.4 is 5.43 Å². The number of carbonyl (C=O) groups excluding carboxylic acids is 1. The Hall–Kier alpha value is -5.97. The van der Waals surface area contributed by atoms with E-state index in [0.29, 0.717) is 35.2 Å². The van der Waals surface area contributed by atoms with Gasteiger partial charge < -0.3 is 29.9 Å². The van der Waals surface area contributed by atoms with Crippen LogP contribution in [0.25, 0.3) is 22.0 Å². The molecular formula is C44H44F5N3O8. The third-order valence-corrected chi connectivity index (χ3v) is 10.3. The topological polar surface area (TPSA) is 161 Å². The molecule has 1 saturated heterocycles. The molecule has 2 atom stereocenters. The highest BCUT2D eigenvalue weighted by Gasteiger charge is 2.30. The molecule has 0 aliphatic carbocycles. The molecule has 1 aliphatic rings. The number of aryl methyl sites for hydroxylation is 2. The summed E-state index contributed by atoms with van der Waals surface area (Å²) >= 11 is 0. The second-order valence-electron chi connectivity index (χ2n) is 14.4. The Labute approximate surface area is 341 Å². The maximum atomic E-state index is 14.6. The van der Waals surface area contributed by atoms with Crippen molar-refractivity contribution in [3.05, 3.63) is 141 Å². The highest BCUT2D eigenvalue weighted by molar-refractivity contribution is 5.84. The molecule has 1 aromatic heterocycles. The second kappa shape index (κ2) is 19.9. The number of fused-ring (bicyclic) bond motifs is 1. The van der Waals surface area contributed by atoms with E-state index in [1.54, 1.807) is 11.0 Å². The van der Waals surface area contributed by atoms with Gasteiger partial charge in [-0.25, -0.2) is 18.4 Å². The summed E-state index contributed by atoms with van der Waals surface area (Å²) in [5.41, 5.74) is 3.71. The van der Waals surface area contributed by atoms with Crippen molar-refractivity contribution >= 4 is 28.7 Å². The third-order valence-electron chi connectivity index (χ3n) is 10.3. The Morgan fingerprint density at radius 2 is 1.37 bits per heavy atom. The quantitative estimate of drug-likeness (QED) is 0.0946. The van der Waals surface area contributed by atoms with Crippen molar-refractivity contribution in [1.82, 2.24) is 14.4 Å². The standard InChI is InChI=1S/C40H38F5N3O2.C4H6O6/c1-2-47(25-27-8-11-29(12-9-27)30-13-16-32(17-14-30)40(43,44)45)38(50)26-48-33(18-15-31-6-5-7-35(41)39(31)42)23-37(49)34-19-10-28(22-36(34)48)24-46-20-3-4-21-46;5-1(3(7)8)2(6)4(9)10/h5-14,16-17,19,22-23H,2-4,15,18,20-21,24-26H2,1H3;1-2,5-6H,(H,7,8)(H,9,10). The molecule has 4 N–H and O–H groups in total. The molecule has 0 spiro atoms. The van der Waals surface area contributed by atoms with Crippen molar-refractivity contribution in [3.63, 3.8) is 0 Å². The Morgan fingerprint density at radius 3 is 1.93 bits per heavy atom. The summed E-state index contributed by atoms with van der Waals surface area (Å²) in [6.45, 7) is 5.23. The molecule has 1 fully saturated rings. The lowest BCUT2D eigenvalue weighted by atomic mass is 10.0. The lowest BCUT2D eigenvalue weighted by Gasteiger charge is -2.24. The summed E-state index contributed by atoms with van der Waals surface area (Å²) < 4.78 is 69.4. The van der Waals surface area contributed by atoms with Crippen LogP contribution in [0.15, 0.2) is 95.8 Å². The molecule has 2 unspecified atom stereocenters. The molecule has 60 heavy (non-hydrogen) atoms. The van der Waals surface area contributed by atoms with Crippen molar-refractivity contribution in [2.45, 2.75) is 70.6 Å². The summed E-state index contributed by atoms with van der Waals surface area (Å²) in [4.78, 5) is 50.9. The average Bonchev–Trinajstić information content (AvgIpc) is 3.74. The molecule has 1 aliphatic heterocycles. The van der Waals surface area contributed by atoms with Gasteiger partial charge in [0.25, 0.3) is 0 Å². The summed E-state index contributed by atoms with van der Waals surface area (Å²) in [6.07, 6.45) is -6.31. The van der Waals surface area contributed by atoms with Crippen LogP contribution in [0.3, 0.4) is 0 Å². The first-order valence-corrected chi connectivity index (χ1v) is 19.1. The summed E-state index contributed by atoms with van der Waals surface area (Å²) in [5, 5.41) is 33.0. The monoisotopic (exact) mass is 837 g/mol. The second-order valence-corrected chi connectivity index (χ2v) is 14.4. The van der Waals surface area contributed by atoms with E-state index in [2.05, 4.69) is 4.90 Å². The number of amides is 1. The van der Waals surface area contributed by atoms with E-state index in [1.165, 1.54) is 30.3 Å². The number of pyridine rings is 1. The first kappa shape index (κ1) is 45.1. The number of hydrogen-bond donors (Lipinski definition) is 4. The molecule has 0 radical (unpaired) electrons. The van der Waals surface area contributed by atoms with Crippen molar-refractivity contribution in [3.8, 4) is 11.1 Å². The van der Waals surface area contributed by atoms with Gasteiger partial charge in [0.2, 0.25) is 5.91 Å². The van der Waals surface area contributed by atoms with Crippen LogP contribution in [0.4, 0.5) is 22.0 Å². The van der Waals surface area contributed by atoms with Crippen LogP contribution in [0.5, 0.6) is 0 Å². The maximum absolute atomic E-state index is 14.6. The molecule has 0 bridgehead atoms. The summed E-state index contributed by atoms with van der Waals surface area (Å²) in [7, 11) is 0. The number of aliphatic hydroxyl groups is 2. The Kier molecular flexibility index (Phi) is 14.9. The first-order valence-electron chi connectivity index (χ1n) is 19.1. The van der Waals surface area contributed by atoms with E-state index in [4.69, 9.17) is 20.4 Å². The number of aromatic nitrogens is 1. The van der Waals surface area contributed by atoms with Crippen LogP contribution in [-0.4, -0.2) is 84.5 Å². The smallest absolute Gasteiger partial charge is 0.416 e. The van der Waals surface area contributed by atoms with E-state index in [0.717, 1.165) is 67.4 Å². The van der Waals surface area contributed by atoms with Gasteiger partial charge in [-0.05, 0) is 104 Å². The van der Waals surface area contributed by atoms with Gasteiger partial charge in [0.05, 0.1) is 11.1 Å². The van der Waals surface area contributed by atoms with E-state index in [-0.39, 0.29) is 36.3 Å². The van der Waals surface area contributed by atoms with Gasteiger partial charge in [-0.15, -0.1) is 0 Å². The largest absolute Gasteiger partial charge is 0.479 e. The number of carboxylic acid groups (broad SMARTS) is 2. The fourth-order valence-corrected chi connectivity index (χ4v) is 6.92. The van der Waals surface area contributed by atoms with Crippen LogP contribution in [0, 0.1) is 11.6 Å². The van der Waals surface area contributed by atoms with Crippen LogP contribution in [0.2, 0.25) is 0 Å². The minimum absolute atomic E-state index is 0.0671. The normalized spacial score (nSPS) is 14.0. The fourth-order valence-electron chi connectivity index (χ4n) is 6.92. The predicted molar refractivity (Wildman–Crippen MR) is 212 cm³/mol. The highest BCUT2D eigenvalue weighted by atomic mass is 19.4. The molecule has 0 saturated carbocycles. The van der Waals surface area contributed by atoms with Gasteiger partial charge in [0.1, 0.15) is 6.54 Å². The number of likely N-dealkylation sites (N-methyl/N-ethyl adjacent to an activating group) is 1. The fraction of sp³-hybridized carbons (Fsp3) is 0.318. The molecule has 318 valence electrons. The predicted octanol–water partition coefficient (Wildman–Crippen LogP) is 6.27. The number of halogens is 5. The van der Waals surface area contributed by atoms with Gasteiger partial charge in [-0.3, -0.25) is 14.5 Å². The minimum atomic E-state index is -4.41. The number of carboxylic acids is 2. The highest BCUT2D eigenvalue weighted by Crippen LogP contribution is 2.31. The third kappa shape index (κ3) is 11.4. The summed E-state index contributed by atoms with van der Waals surface area (Å²) in [6, 6.07) is 23.5. The lowest BCUT2D eigenvalue weighted by Crippen LogP contribution is -2.39. The number of benzene rings is 4. The number of alkyl halides is 3. The molecule has 6 rings (SSSR count). The number of aliphatic hydroxyl groups excluding tert-OH is 2. The van der Waals surface area contributed by atoms with E-state index in [1.807, 2.05) is 47.9 Å². The van der Waals surface area contributed by atoms with Crippen molar-refractivity contribution < 1.29 is 56.8 Å². The Morgan fingerprint density at radius 1 is 0.783 bits per heavy atom. The van der Waals surface area contributed by atoms with Crippen LogP contribution in [0.1, 0.15) is 47.7 Å². The van der Waals surface area contributed by atoms with E-state index >= 15 is 0 Å². The van der Waals surface area contributed by atoms with Gasteiger partial charge in [-0.1, -0.05) is 54.6 Å². The Balaban J connectivity index is 0.000000606. The number of carbonyl (C=O) groups is 3. The molecule has 11 nitrogen and oxygen atoms in total.